The Labute approximate surface area is 203 Å². The standard InChI is InChI=1S/C23H14F7N3O3S/c1-2-37(35,36)19-7-14(13-5-16(23(28,29)30)8-17(24)6-13)10-31-20(19)33-21(34)18-9-15(22(25,26)27)4-3-12(18)11-32-33/h3-11H,2H2,1H3. The average molecular weight is 545 g/mol. The SMILES string of the molecule is CCS(=O)(=O)c1cc(-c2cc(F)cc(C(F)(F)F)c2)cnc1-n1ncc2ccc(C(F)(F)F)cc2c1=O. The van der Waals surface area contributed by atoms with Crippen LogP contribution in [0.25, 0.3) is 27.7 Å². The largest absolute Gasteiger partial charge is 0.416 e. The Balaban J connectivity index is 1.97. The molecule has 14 heteroatoms. The third kappa shape index (κ3) is 5.05. The minimum atomic E-state index is -4.89. The zero-order valence-corrected chi connectivity index (χ0v) is 19.3. The van der Waals surface area contributed by atoms with Gasteiger partial charge in [-0.05, 0) is 42.0 Å². The second kappa shape index (κ2) is 8.94. The van der Waals surface area contributed by atoms with Gasteiger partial charge in [0, 0.05) is 17.1 Å². The van der Waals surface area contributed by atoms with Crippen LogP contribution in [0.5, 0.6) is 0 Å². The first kappa shape index (κ1) is 26.3. The van der Waals surface area contributed by atoms with Crippen LogP contribution in [0, 0.1) is 5.82 Å². The van der Waals surface area contributed by atoms with E-state index in [-0.39, 0.29) is 22.6 Å². The van der Waals surface area contributed by atoms with E-state index in [1.807, 2.05) is 0 Å². The number of nitrogens with zero attached hydrogens (tertiary/aromatic N) is 3. The summed E-state index contributed by atoms with van der Waals surface area (Å²) in [4.78, 5) is 16.3. The van der Waals surface area contributed by atoms with Gasteiger partial charge in [-0.1, -0.05) is 13.0 Å². The van der Waals surface area contributed by atoms with E-state index in [1.165, 1.54) is 6.92 Å². The molecule has 2 aromatic heterocycles. The molecule has 4 aromatic rings. The topological polar surface area (TPSA) is 81.9 Å². The van der Waals surface area contributed by atoms with Crippen LogP contribution in [0.4, 0.5) is 30.7 Å². The summed E-state index contributed by atoms with van der Waals surface area (Å²) < 4.78 is 119. The Morgan fingerprint density at radius 2 is 1.54 bits per heavy atom. The van der Waals surface area contributed by atoms with Gasteiger partial charge < -0.3 is 0 Å². The molecule has 2 aromatic carbocycles. The number of fused-ring (bicyclic) bond motifs is 1. The van der Waals surface area contributed by atoms with E-state index in [0.717, 1.165) is 36.7 Å². The molecule has 0 aliphatic rings. The molecule has 0 bridgehead atoms. The van der Waals surface area contributed by atoms with E-state index < -0.39 is 66.5 Å². The van der Waals surface area contributed by atoms with E-state index in [1.54, 1.807) is 0 Å². The quantitative estimate of drug-likeness (QED) is 0.320. The normalized spacial score (nSPS) is 12.8. The minimum absolute atomic E-state index is 0.0465. The molecule has 2 heterocycles. The van der Waals surface area contributed by atoms with Crippen molar-refractivity contribution in [3.05, 3.63) is 82.2 Å². The lowest BCUT2D eigenvalue weighted by Gasteiger charge is -2.14. The molecule has 0 spiro atoms. The van der Waals surface area contributed by atoms with Crippen LogP contribution in [0.15, 0.2) is 64.5 Å². The Morgan fingerprint density at radius 1 is 0.865 bits per heavy atom. The van der Waals surface area contributed by atoms with Gasteiger partial charge in [-0.15, -0.1) is 0 Å². The number of halogens is 7. The third-order valence-corrected chi connectivity index (χ3v) is 7.15. The molecule has 0 amide bonds. The lowest BCUT2D eigenvalue weighted by atomic mass is 10.0. The van der Waals surface area contributed by atoms with Gasteiger partial charge in [0.25, 0.3) is 5.56 Å². The molecule has 4 rings (SSSR count). The fraction of sp³-hybridized carbons (Fsp3) is 0.174. The van der Waals surface area contributed by atoms with Crippen molar-refractivity contribution >= 4 is 20.6 Å². The summed E-state index contributed by atoms with van der Waals surface area (Å²) in [6, 6.07) is 4.88. The lowest BCUT2D eigenvalue weighted by molar-refractivity contribution is -0.138. The van der Waals surface area contributed by atoms with Gasteiger partial charge in [0.1, 0.15) is 10.7 Å². The zero-order valence-electron chi connectivity index (χ0n) is 18.5. The molecule has 0 aliphatic carbocycles. The number of rotatable bonds is 4. The average Bonchev–Trinajstić information content (AvgIpc) is 2.82. The van der Waals surface area contributed by atoms with E-state index in [4.69, 9.17) is 0 Å². The molecule has 0 unspecified atom stereocenters. The summed E-state index contributed by atoms with van der Waals surface area (Å²) in [5.74, 6) is -2.34. The van der Waals surface area contributed by atoms with Crippen LogP contribution < -0.4 is 5.56 Å². The second-order valence-electron chi connectivity index (χ2n) is 7.84. The Morgan fingerprint density at radius 3 is 2.16 bits per heavy atom. The van der Waals surface area contributed by atoms with Gasteiger partial charge in [-0.2, -0.15) is 36.1 Å². The molecule has 0 radical (unpaired) electrons. The number of sulfone groups is 1. The van der Waals surface area contributed by atoms with E-state index in [0.29, 0.717) is 16.8 Å². The number of pyridine rings is 1. The van der Waals surface area contributed by atoms with Gasteiger partial charge in [-0.3, -0.25) is 4.79 Å². The van der Waals surface area contributed by atoms with Crippen molar-refractivity contribution in [1.29, 1.82) is 0 Å². The number of hydrogen-bond donors (Lipinski definition) is 0. The van der Waals surface area contributed by atoms with Crippen molar-refractivity contribution in [2.24, 2.45) is 0 Å². The van der Waals surface area contributed by atoms with Crippen LogP contribution in [-0.4, -0.2) is 28.9 Å². The Hall–Kier alpha value is -3.81. The van der Waals surface area contributed by atoms with Crippen LogP contribution in [-0.2, 0) is 22.2 Å². The van der Waals surface area contributed by atoms with Gasteiger partial charge in [0.05, 0.1) is 28.5 Å². The monoisotopic (exact) mass is 545 g/mol. The van der Waals surface area contributed by atoms with Crippen molar-refractivity contribution in [1.82, 2.24) is 14.8 Å². The summed E-state index contributed by atoms with van der Waals surface area (Å²) in [6.07, 6.45) is -7.70. The van der Waals surface area contributed by atoms with Crippen molar-refractivity contribution in [3.8, 4) is 16.9 Å². The Kier molecular flexibility index (Phi) is 6.34. The van der Waals surface area contributed by atoms with Crippen LogP contribution in [0.2, 0.25) is 0 Å². The summed E-state index contributed by atoms with van der Waals surface area (Å²) in [5.41, 5.74) is -4.10. The summed E-state index contributed by atoms with van der Waals surface area (Å²) in [7, 11) is -4.22. The first-order valence-corrected chi connectivity index (χ1v) is 12.0. The second-order valence-corrected chi connectivity index (χ2v) is 10.1. The van der Waals surface area contributed by atoms with E-state index in [9.17, 15) is 43.9 Å². The molecule has 0 N–H and O–H groups in total. The van der Waals surface area contributed by atoms with Crippen LogP contribution in [0.1, 0.15) is 18.1 Å². The van der Waals surface area contributed by atoms with Crippen molar-refractivity contribution in [2.45, 2.75) is 24.2 Å². The highest BCUT2D eigenvalue weighted by atomic mass is 32.2. The maximum atomic E-state index is 13.9. The van der Waals surface area contributed by atoms with Crippen LogP contribution >= 0.6 is 0 Å². The number of benzene rings is 2. The van der Waals surface area contributed by atoms with Crippen LogP contribution in [0.3, 0.4) is 0 Å². The fourth-order valence-electron chi connectivity index (χ4n) is 3.53. The fourth-order valence-corrected chi connectivity index (χ4v) is 4.56. The molecule has 0 saturated carbocycles. The summed E-state index contributed by atoms with van der Waals surface area (Å²) >= 11 is 0. The minimum Gasteiger partial charge on any atom is -0.267 e. The first-order chi connectivity index (χ1) is 17.1. The molecule has 0 fully saturated rings. The number of alkyl halides is 6. The molecule has 0 atom stereocenters. The van der Waals surface area contributed by atoms with Crippen molar-refractivity contribution in [3.63, 3.8) is 0 Å². The highest BCUT2D eigenvalue weighted by Gasteiger charge is 2.32. The third-order valence-electron chi connectivity index (χ3n) is 5.42. The predicted molar refractivity (Wildman–Crippen MR) is 118 cm³/mol. The predicted octanol–water partition coefficient (Wildman–Crippen LogP) is 5.42. The van der Waals surface area contributed by atoms with Crippen molar-refractivity contribution < 1.29 is 39.2 Å². The van der Waals surface area contributed by atoms with Gasteiger partial charge >= 0.3 is 12.4 Å². The molecular weight excluding hydrogens is 531 g/mol. The molecule has 6 nitrogen and oxygen atoms in total. The molecule has 194 valence electrons. The summed E-state index contributed by atoms with van der Waals surface area (Å²) in [5, 5.41) is 3.45. The smallest absolute Gasteiger partial charge is 0.267 e. The number of hydrogen-bond acceptors (Lipinski definition) is 5. The van der Waals surface area contributed by atoms with E-state index >= 15 is 0 Å². The lowest BCUT2D eigenvalue weighted by Crippen LogP contribution is -2.25. The Bertz CT molecular complexity index is 1700. The number of aromatic nitrogens is 3. The first-order valence-electron chi connectivity index (χ1n) is 10.3. The van der Waals surface area contributed by atoms with Gasteiger partial charge in [0.15, 0.2) is 15.7 Å². The molecule has 0 aliphatic heterocycles. The molecule has 0 saturated heterocycles. The molecular formula is C23H14F7N3O3S. The maximum absolute atomic E-state index is 13.9. The highest BCUT2D eigenvalue weighted by Crippen LogP contribution is 2.34. The van der Waals surface area contributed by atoms with E-state index in [2.05, 4.69) is 10.1 Å². The zero-order chi connectivity index (χ0) is 27.3. The summed E-state index contributed by atoms with van der Waals surface area (Å²) in [6.45, 7) is 1.25. The van der Waals surface area contributed by atoms with Gasteiger partial charge in [0.2, 0.25) is 0 Å². The molecule has 37 heavy (non-hydrogen) atoms. The highest BCUT2D eigenvalue weighted by molar-refractivity contribution is 7.91. The van der Waals surface area contributed by atoms with Crippen molar-refractivity contribution in [2.75, 3.05) is 5.75 Å². The van der Waals surface area contributed by atoms with Gasteiger partial charge in [-0.25, -0.2) is 17.8 Å². The maximum Gasteiger partial charge on any atom is 0.416 e.